The van der Waals surface area contributed by atoms with Crippen LogP contribution < -0.4 is 46.9 Å². The molecular weight excluding hydrogens is 860 g/mol. The number of hydrogen-bond donors (Lipinski definition) is 0. The van der Waals surface area contributed by atoms with E-state index in [0.717, 1.165) is 0 Å². The van der Waals surface area contributed by atoms with Crippen molar-refractivity contribution in [2.24, 2.45) is 0 Å². The Labute approximate surface area is 417 Å². The molecule has 9 aromatic carbocycles. The molecule has 3 aliphatic heterocycles. The number of fused-ring (bicyclic) bond motifs is 7. The molecule has 0 radical (unpaired) electrons. The number of nitrogens with zero attached hydrogens (tertiary/aromatic N) is 2. The van der Waals surface area contributed by atoms with Gasteiger partial charge in [0, 0.05) is 34.1 Å². The third kappa shape index (κ3) is 6.82. The smallest absolute Gasteiger partial charge is 0.252 e. The molecule has 2 nitrogen and oxygen atoms in total. The predicted molar refractivity (Wildman–Crippen MR) is 305 cm³/mol. The van der Waals surface area contributed by atoms with Crippen molar-refractivity contribution in [2.45, 2.75) is 78.6 Å². The molecule has 0 bridgehead atoms. The summed E-state index contributed by atoms with van der Waals surface area (Å²) < 4.78 is 0. The van der Waals surface area contributed by atoms with Crippen LogP contribution in [0.25, 0.3) is 22.3 Å². The Kier molecular flexibility index (Phi) is 10.0. The van der Waals surface area contributed by atoms with Gasteiger partial charge in [-0.3, -0.25) is 0 Å². The lowest BCUT2D eigenvalue weighted by atomic mass is 9.33. The molecule has 342 valence electrons. The van der Waals surface area contributed by atoms with E-state index in [-0.39, 0.29) is 23.0 Å². The summed E-state index contributed by atoms with van der Waals surface area (Å²) in [7, 11) is -2.81. The van der Waals surface area contributed by atoms with Crippen molar-refractivity contribution in [3.63, 3.8) is 0 Å². The molecule has 0 fully saturated rings. The highest BCUT2D eigenvalue weighted by molar-refractivity contribution is 7.22. The lowest BCUT2D eigenvalue weighted by molar-refractivity contribution is 0.590. The molecule has 0 unspecified atom stereocenters. The monoisotopic (exact) mass is 920 g/mol. The van der Waals surface area contributed by atoms with Crippen molar-refractivity contribution < 1.29 is 0 Å². The molecule has 0 aliphatic carbocycles. The minimum atomic E-state index is -2.81. The number of hydrogen-bond acceptors (Lipinski definition) is 2. The largest absolute Gasteiger partial charge is 0.311 e. The zero-order chi connectivity index (χ0) is 48.3. The van der Waals surface area contributed by atoms with Gasteiger partial charge in [0.05, 0.1) is 0 Å². The standard InChI is InChI=1S/C66H61BN2Si/c1-64(2,3)46-29-33-49(34-30-46)68-57-38-32-47(65(4,5)6)41-56(57)67-55-37-31-48(66(7,8)9)42-58(55)69(60-40-45(39-59(68)63(60)67)44-21-13-10-14-22-44)50-35-36-54-53-27-19-20-28-61(53)70(62(54)43-50,51-23-15-11-16-24-51)52-25-17-12-18-26-52/h10-43H,1-9H3. The Morgan fingerprint density at radius 2 is 0.843 bits per heavy atom. The highest BCUT2D eigenvalue weighted by atomic mass is 28.3. The first kappa shape index (κ1) is 44.1. The molecule has 9 aromatic rings. The summed E-state index contributed by atoms with van der Waals surface area (Å²) in [6, 6.07) is 79.7. The van der Waals surface area contributed by atoms with Crippen molar-refractivity contribution in [1.82, 2.24) is 0 Å². The average Bonchev–Trinajstić information content (AvgIpc) is 3.66. The van der Waals surface area contributed by atoms with Crippen LogP contribution in [0.4, 0.5) is 34.1 Å². The number of benzene rings is 9. The van der Waals surface area contributed by atoms with Gasteiger partial charge in [-0.15, -0.1) is 0 Å². The van der Waals surface area contributed by atoms with E-state index in [9.17, 15) is 0 Å². The summed E-state index contributed by atoms with van der Waals surface area (Å²) in [4.78, 5) is 5.23. The SMILES string of the molecule is CC(C)(C)c1ccc(N2c3ccc(C(C)(C)C)cc3B3c4ccc(C(C)(C)C)cc4N(c4ccc5c(c4)[Si](c4ccccc4)(c4ccccc4)c4ccccc4-5)c4cc(-c5ccccc5)cc2c43)cc1. The topological polar surface area (TPSA) is 6.48 Å². The number of rotatable bonds is 5. The van der Waals surface area contributed by atoms with Gasteiger partial charge in [0.2, 0.25) is 0 Å². The van der Waals surface area contributed by atoms with E-state index in [2.05, 4.69) is 278 Å². The molecule has 0 saturated carbocycles. The van der Waals surface area contributed by atoms with Gasteiger partial charge in [0.25, 0.3) is 6.71 Å². The molecule has 0 spiro atoms. The van der Waals surface area contributed by atoms with Crippen LogP contribution in [0.2, 0.25) is 0 Å². The molecule has 0 N–H and O–H groups in total. The Bertz CT molecular complexity index is 3450. The summed E-state index contributed by atoms with van der Waals surface area (Å²) >= 11 is 0. The molecule has 4 heteroatoms. The minimum Gasteiger partial charge on any atom is -0.311 e. The minimum absolute atomic E-state index is 0.00160. The lowest BCUT2D eigenvalue weighted by Crippen LogP contribution is -2.72. The highest BCUT2D eigenvalue weighted by Gasteiger charge is 2.50. The zero-order valence-electron chi connectivity index (χ0n) is 42.1. The van der Waals surface area contributed by atoms with Gasteiger partial charge in [-0.25, -0.2) is 0 Å². The second kappa shape index (κ2) is 15.9. The van der Waals surface area contributed by atoms with Crippen molar-refractivity contribution in [1.29, 1.82) is 0 Å². The Hall–Kier alpha value is -7.14. The van der Waals surface area contributed by atoms with E-state index in [1.165, 1.54) is 110 Å². The second-order valence-corrected chi connectivity index (χ2v) is 26.7. The van der Waals surface area contributed by atoms with Crippen molar-refractivity contribution >= 4 is 86.0 Å². The maximum atomic E-state index is 2.66. The third-order valence-electron chi connectivity index (χ3n) is 15.6. The lowest BCUT2D eigenvalue weighted by Gasteiger charge is -2.45. The van der Waals surface area contributed by atoms with Gasteiger partial charge in [0.15, 0.2) is 8.07 Å². The summed E-state index contributed by atoms with van der Waals surface area (Å²) in [6.45, 7) is 21.0. The summed E-state index contributed by atoms with van der Waals surface area (Å²) in [5, 5.41) is 5.70. The Morgan fingerprint density at radius 1 is 0.343 bits per heavy atom. The molecule has 3 heterocycles. The van der Waals surface area contributed by atoms with E-state index in [0.29, 0.717) is 0 Å². The van der Waals surface area contributed by atoms with Crippen LogP contribution in [0, 0.1) is 0 Å². The van der Waals surface area contributed by atoms with Gasteiger partial charge in [-0.2, -0.15) is 0 Å². The summed E-state index contributed by atoms with van der Waals surface area (Å²) in [5.74, 6) is 0. The zero-order valence-corrected chi connectivity index (χ0v) is 43.1. The molecule has 70 heavy (non-hydrogen) atoms. The first-order valence-corrected chi connectivity index (χ1v) is 27.2. The van der Waals surface area contributed by atoms with Crippen molar-refractivity contribution in [3.05, 3.63) is 223 Å². The van der Waals surface area contributed by atoms with Crippen LogP contribution >= 0.6 is 0 Å². The van der Waals surface area contributed by atoms with Crippen LogP contribution in [0.5, 0.6) is 0 Å². The quantitative estimate of drug-likeness (QED) is 0.159. The van der Waals surface area contributed by atoms with Crippen LogP contribution in [-0.4, -0.2) is 14.8 Å². The van der Waals surface area contributed by atoms with E-state index < -0.39 is 8.07 Å². The van der Waals surface area contributed by atoms with Crippen LogP contribution in [0.1, 0.15) is 79.0 Å². The summed E-state index contributed by atoms with van der Waals surface area (Å²) in [5.41, 5.74) is 20.3. The molecule has 0 atom stereocenters. The fourth-order valence-electron chi connectivity index (χ4n) is 12.0. The first-order valence-electron chi connectivity index (χ1n) is 25.2. The van der Waals surface area contributed by atoms with E-state index in [4.69, 9.17) is 0 Å². The molecular formula is C66H61BN2Si. The first-order chi connectivity index (χ1) is 33.6. The molecule has 0 saturated heterocycles. The van der Waals surface area contributed by atoms with Gasteiger partial charge in [-0.05, 0) is 141 Å². The van der Waals surface area contributed by atoms with E-state index in [1.54, 1.807) is 0 Å². The molecule has 12 rings (SSSR count). The van der Waals surface area contributed by atoms with E-state index in [1.807, 2.05) is 0 Å². The average molecular weight is 921 g/mol. The Balaban J connectivity index is 1.20. The third-order valence-corrected chi connectivity index (χ3v) is 20.5. The maximum absolute atomic E-state index is 2.81. The Morgan fingerprint density at radius 3 is 1.46 bits per heavy atom. The summed E-state index contributed by atoms with van der Waals surface area (Å²) in [6.07, 6.45) is 0. The van der Waals surface area contributed by atoms with Gasteiger partial charge in [-0.1, -0.05) is 220 Å². The van der Waals surface area contributed by atoms with Crippen LogP contribution in [-0.2, 0) is 16.2 Å². The molecule has 3 aliphatic rings. The maximum Gasteiger partial charge on any atom is 0.252 e. The molecule has 0 aromatic heterocycles. The highest BCUT2D eigenvalue weighted by Crippen LogP contribution is 2.48. The van der Waals surface area contributed by atoms with Gasteiger partial charge >= 0.3 is 0 Å². The fraction of sp³-hybridized carbons (Fsp3) is 0.182. The van der Waals surface area contributed by atoms with Crippen molar-refractivity contribution in [2.75, 3.05) is 9.80 Å². The van der Waals surface area contributed by atoms with Crippen molar-refractivity contribution in [3.8, 4) is 22.3 Å². The van der Waals surface area contributed by atoms with Crippen LogP contribution in [0.15, 0.2) is 206 Å². The predicted octanol–water partition coefficient (Wildman–Crippen LogP) is 12.7. The second-order valence-electron chi connectivity index (χ2n) is 23.0. The fourth-order valence-corrected chi connectivity index (χ4v) is 17.2. The van der Waals surface area contributed by atoms with E-state index >= 15 is 0 Å². The molecule has 0 amide bonds. The van der Waals surface area contributed by atoms with Gasteiger partial charge < -0.3 is 9.80 Å². The number of anilines is 6. The van der Waals surface area contributed by atoms with Crippen LogP contribution in [0.3, 0.4) is 0 Å². The normalized spacial score (nSPS) is 14.4. The van der Waals surface area contributed by atoms with Gasteiger partial charge in [0.1, 0.15) is 0 Å².